The molecule has 0 aromatic heterocycles. The summed E-state index contributed by atoms with van der Waals surface area (Å²) in [5.41, 5.74) is 0. The molecule has 0 aromatic rings. The Morgan fingerprint density at radius 2 is 0.820 bits per heavy atom. The van der Waals surface area contributed by atoms with Gasteiger partial charge in [-0.1, -0.05) is 196 Å². The van der Waals surface area contributed by atoms with E-state index in [0.29, 0.717) is 19.3 Å². The number of hydrogen-bond donors (Lipinski definition) is 1. The number of unbranched alkanes of at least 4 members (excludes halogenated alkanes) is 17. The predicted octanol–water partition coefficient (Wildman–Crippen LogP) is 14.7. The minimum absolute atomic E-state index is 0.0458. The fourth-order valence-electron chi connectivity index (χ4n) is 5.91. The van der Waals surface area contributed by atoms with Crippen molar-refractivity contribution in [1.29, 1.82) is 0 Å². The van der Waals surface area contributed by atoms with Crippen LogP contribution in [0.2, 0.25) is 0 Å². The molecule has 0 amide bonds. The summed E-state index contributed by atoms with van der Waals surface area (Å²) >= 11 is 0. The monoisotopic (exact) mass is 695 g/mol. The van der Waals surface area contributed by atoms with Crippen LogP contribution < -0.4 is 0 Å². The van der Waals surface area contributed by atoms with Crippen LogP contribution in [0.4, 0.5) is 0 Å². The standard InChI is InChI=1S/C46H78O4/c1-3-5-7-9-11-13-15-17-19-21-23-25-27-29-31-33-35-37-39-41-46(49)50-44(42-43-45(47)48)40-38-36-34-32-30-28-26-24-22-20-18-16-14-12-10-8-6-4-2/h5,7,11,13,17,19,23,25,29,31,35,37,44H,3-4,6,8-10,12,14-16,18,20-22,24,26-28,30,32-34,36,38-43H2,1-2H3,(H,47,48)/b7-5-,13-11-,19-17-,25-23-,31-29-,37-35-. The molecule has 0 saturated carbocycles. The zero-order valence-corrected chi connectivity index (χ0v) is 32.7. The minimum Gasteiger partial charge on any atom is -0.481 e. The van der Waals surface area contributed by atoms with Gasteiger partial charge in [0.1, 0.15) is 6.10 Å². The highest BCUT2D eigenvalue weighted by Gasteiger charge is 2.15. The van der Waals surface area contributed by atoms with Gasteiger partial charge in [0.25, 0.3) is 0 Å². The predicted molar refractivity (Wildman–Crippen MR) is 218 cm³/mol. The van der Waals surface area contributed by atoms with E-state index in [2.05, 4.69) is 80.7 Å². The number of carbonyl (C=O) groups is 2. The Balaban J connectivity index is 3.86. The van der Waals surface area contributed by atoms with Gasteiger partial charge >= 0.3 is 11.9 Å². The Kier molecular flexibility index (Phi) is 38.7. The summed E-state index contributed by atoms with van der Waals surface area (Å²) in [6, 6.07) is 0. The molecule has 0 aliphatic heterocycles. The molecular weight excluding hydrogens is 617 g/mol. The van der Waals surface area contributed by atoms with E-state index in [1.807, 2.05) is 6.08 Å². The van der Waals surface area contributed by atoms with Crippen LogP contribution in [0.15, 0.2) is 72.9 Å². The van der Waals surface area contributed by atoms with Gasteiger partial charge in [-0.05, 0) is 64.2 Å². The first-order chi connectivity index (χ1) is 24.6. The molecule has 0 spiro atoms. The summed E-state index contributed by atoms with van der Waals surface area (Å²) in [7, 11) is 0. The largest absolute Gasteiger partial charge is 0.481 e. The number of hydrogen-bond acceptors (Lipinski definition) is 3. The van der Waals surface area contributed by atoms with Gasteiger partial charge in [0.05, 0.1) is 0 Å². The van der Waals surface area contributed by atoms with Crippen molar-refractivity contribution in [2.75, 3.05) is 0 Å². The second-order valence-electron chi connectivity index (χ2n) is 13.8. The molecule has 1 N–H and O–H groups in total. The summed E-state index contributed by atoms with van der Waals surface area (Å²) in [6.07, 6.45) is 57.9. The molecule has 4 heteroatoms. The number of rotatable bonds is 37. The van der Waals surface area contributed by atoms with Crippen molar-refractivity contribution in [2.45, 2.75) is 206 Å². The summed E-state index contributed by atoms with van der Waals surface area (Å²) in [6.45, 7) is 4.43. The molecule has 50 heavy (non-hydrogen) atoms. The van der Waals surface area contributed by atoms with E-state index in [1.165, 1.54) is 103 Å². The molecule has 4 nitrogen and oxygen atoms in total. The maximum Gasteiger partial charge on any atom is 0.306 e. The van der Waals surface area contributed by atoms with E-state index in [0.717, 1.165) is 57.8 Å². The molecule has 0 radical (unpaired) electrons. The second kappa shape index (κ2) is 40.8. The van der Waals surface area contributed by atoms with Gasteiger partial charge in [-0.15, -0.1) is 0 Å². The maximum absolute atomic E-state index is 12.4. The van der Waals surface area contributed by atoms with Gasteiger partial charge in [-0.25, -0.2) is 0 Å². The zero-order valence-electron chi connectivity index (χ0n) is 32.7. The average Bonchev–Trinajstić information content (AvgIpc) is 3.10. The van der Waals surface area contributed by atoms with E-state index >= 15 is 0 Å². The van der Waals surface area contributed by atoms with Crippen LogP contribution in [0.3, 0.4) is 0 Å². The number of aliphatic carboxylic acids is 1. The molecule has 0 heterocycles. The topological polar surface area (TPSA) is 63.6 Å². The number of carboxylic acid groups (broad SMARTS) is 1. The fourth-order valence-corrected chi connectivity index (χ4v) is 5.91. The quantitative estimate of drug-likeness (QED) is 0.0399. The van der Waals surface area contributed by atoms with Crippen LogP contribution in [0.25, 0.3) is 0 Å². The van der Waals surface area contributed by atoms with E-state index in [4.69, 9.17) is 9.84 Å². The zero-order chi connectivity index (χ0) is 36.4. The highest BCUT2D eigenvalue weighted by Crippen LogP contribution is 2.17. The lowest BCUT2D eigenvalue weighted by Gasteiger charge is -2.17. The van der Waals surface area contributed by atoms with Crippen molar-refractivity contribution in [1.82, 2.24) is 0 Å². The van der Waals surface area contributed by atoms with Crippen molar-refractivity contribution in [2.24, 2.45) is 0 Å². The Labute approximate surface area is 309 Å². The average molecular weight is 695 g/mol. The first-order valence-electron chi connectivity index (χ1n) is 20.9. The highest BCUT2D eigenvalue weighted by molar-refractivity contribution is 5.70. The molecule has 0 aliphatic carbocycles. The summed E-state index contributed by atoms with van der Waals surface area (Å²) < 4.78 is 5.70. The van der Waals surface area contributed by atoms with E-state index < -0.39 is 5.97 Å². The molecule has 1 atom stereocenters. The minimum atomic E-state index is -0.832. The molecular formula is C46H78O4. The molecule has 0 rings (SSSR count). The Morgan fingerprint density at radius 3 is 1.20 bits per heavy atom. The first kappa shape index (κ1) is 47.4. The van der Waals surface area contributed by atoms with E-state index in [-0.39, 0.29) is 18.5 Å². The number of carbonyl (C=O) groups excluding carboxylic acids is 1. The molecule has 0 aromatic carbocycles. The first-order valence-corrected chi connectivity index (χ1v) is 20.9. The number of esters is 1. The van der Waals surface area contributed by atoms with Crippen LogP contribution in [-0.2, 0) is 14.3 Å². The molecule has 0 fully saturated rings. The summed E-state index contributed by atoms with van der Waals surface area (Å²) in [5.74, 6) is -1.05. The molecule has 0 saturated heterocycles. The smallest absolute Gasteiger partial charge is 0.306 e. The number of allylic oxidation sites excluding steroid dienone is 12. The van der Waals surface area contributed by atoms with E-state index in [9.17, 15) is 9.59 Å². The van der Waals surface area contributed by atoms with Crippen LogP contribution in [0.1, 0.15) is 200 Å². The molecule has 1 unspecified atom stereocenters. The van der Waals surface area contributed by atoms with Crippen LogP contribution in [0.5, 0.6) is 0 Å². The van der Waals surface area contributed by atoms with Crippen LogP contribution in [0, 0.1) is 0 Å². The maximum atomic E-state index is 12.4. The Bertz CT molecular complexity index is 922. The highest BCUT2D eigenvalue weighted by atomic mass is 16.5. The van der Waals surface area contributed by atoms with Crippen molar-refractivity contribution in [3.63, 3.8) is 0 Å². The van der Waals surface area contributed by atoms with Gasteiger partial charge in [-0.3, -0.25) is 9.59 Å². The lowest BCUT2D eigenvalue weighted by molar-refractivity contribution is -0.151. The number of carboxylic acids is 1. The molecule has 0 bridgehead atoms. The summed E-state index contributed by atoms with van der Waals surface area (Å²) in [5, 5.41) is 9.14. The SMILES string of the molecule is CC/C=C\C/C=C\C/C=C\C/C=C\C/C=C\C/C=C\CCC(=O)OC(CCCCCCCCCCCCCCCCCCCC)CCC(=O)O. The van der Waals surface area contributed by atoms with Crippen molar-refractivity contribution in [3.05, 3.63) is 72.9 Å². The van der Waals surface area contributed by atoms with Gasteiger partial charge < -0.3 is 9.84 Å². The number of ether oxygens (including phenoxy) is 1. The third-order valence-corrected chi connectivity index (χ3v) is 8.97. The fraction of sp³-hybridized carbons (Fsp3) is 0.696. The second-order valence-corrected chi connectivity index (χ2v) is 13.8. The van der Waals surface area contributed by atoms with Crippen molar-refractivity contribution in [3.8, 4) is 0 Å². The van der Waals surface area contributed by atoms with Crippen molar-refractivity contribution < 1.29 is 19.4 Å². The van der Waals surface area contributed by atoms with E-state index in [1.54, 1.807) is 0 Å². The molecule has 0 aliphatic rings. The van der Waals surface area contributed by atoms with Gasteiger partial charge in [-0.2, -0.15) is 0 Å². The van der Waals surface area contributed by atoms with Gasteiger partial charge in [0.15, 0.2) is 0 Å². The van der Waals surface area contributed by atoms with Gasteiger partial charge in [0, 0.05) is 12.8 Å². The Morgan fingerprint density at radius 1 is 0.460 bits per heavy atom. The normalized spacial score (nSPS) is 13.0. The van der Waals surface area contributed by atoms with Crippen molar-refractivity contribution >= 4 is 11.9 Å². The summed E-state index contributed by atoms with van der Waals surface area (Å²) in [4.78, 5) is 23.6. The van der Waals surface area contributed by atoms with Crippen LogP contribution in [-0.4, -0.2) is 23.1 Å². The third-order valence-electron chi connectivity index (χ3n) is 8.97. The van der Waals surface area contributed by atoms with Gasteiger partial charge in [0.2, 0.25) is 0 Å². The van der Waals surface area contributed by atoms with Crippen LogP contribution >= 0.6 is 0 Å². The third kappa shape index (κ3) is 39.8. The lowest BCUT2D eigenvalue weighted by atomic mass is 10.0. The Hall–Kier alpha value is -2.62. The lowest BCUT2D eigenvalue weighted by Crippen LogP contribution is -2.19. The molecule has 286 valence electrons.